The number of aryl methyl sites for hydroxylation is 2. The summed E-state index contributed by atoms with van der Waals surface area (Å²) >= 11 is 1.55. The average Bonchev–Trinajstić information content (AvgIpc) is 2.64. The molecule has 1 aromatic carbocycles. The van der Waals surface area contributed by atoms with Gasteiger partial charge in [0.2, 0.25) is 0 Å². The second kappa shape index (κ2) is 7.45. The van der Waals surface area contributed by atoms with Crippen molar-refractivity contribution in [2.75, 3.05) is 5.75 Å². The molecule has 7 heteroatoms. The molecule has 26 heavy (non-hydrogen) atoms. The van der Waals surface area contributed by atoms with Crippen LogP contribution in [-0.2, 0) is 14.1 Å². The minimum Gasteiger partial charge on any atom is -0.280 e. The van der Waals surface area contributed by atoms with Crippen molar-refractivity contribution >= 4 is 22.8 Å². The number of hydrogen-bond donors (Lipinski definition) is 0. The molecule has 3 rings (SSSR count). The maximum absolute atomic E-state index is 12.7. The smallest absolute Gasteiger partial charge is 0.280 e. The molecule has 0 spiro atoms. The SMILES string of the molecule is CCCCSc1nc(-c2ccccc2C)nc2c1c(=O)n(C)c(=O)n2C. The van der Waals surface area contributed by atoms with Crippen LogP contribution < -0.4 is 11.2 Å². The van der Waals surface area contributed by atoms with Gasteiger partial charge in [-0.15, -0.1) is 11.8 Å². The van der Waals surface area contributed by atoms with E-state index in [1.54, 1.807) is 18.8 Å². The molecule has 0 radical (unpaired) electrons. The normalized spacial score (nSPS) is 11.2. The molecule has 2 heterocycles. The van der Waals surface area contributed by atoms with Crippen LogP contribution in [0.4, 0.5) is 0 Å². The third kappa shape index (κ3) is 3.19. The molecule has 3 aromatic rings. The lowest BCUT2D eigenvalue weighted by Crippen LogP contribution is -2.37. The van der Waals surface area contributed by atoms with Crippen LogP contribution >= 0.6 is 11.8 Å². The Kier molecular flexibility index (Phi) is 5.27. The molecular weight excluding hydrogens is 348 g/mol. The van der Waals surface area contributed by atoms with E-state index in [2.05, 4.69) is 11.9 Å². The molecule has 0 N–H and O–H groups in total. The first-order chi connectivity index (χ1) is 12.5. The van der Waals surface area contributed by atoms with E-state index in [9.17, 15) is 9.59 Å². The molecular formula is C19H22N4O2S. The van der Waals surface area contributed by atoms with Crippen LogP contribution in [0.5, 0.6) is 0 Å². The predicted molar refractivity (Wildman–Crippen MR) is 106 cm³/mol. The van der Waals surface area contributed by atoms with Crippen LogP contribution in [0, 0.1) is 6.92 Å². The van der Waals surface area contributed by atoms with Crippen molar-refractivity contribution in [3.63, 3.8) is 0 Å². The van der Waals surface area contributed by atoms with Gasteiger partial charge < -0.3 is 0 Å². The zero-order chi connectivity index (χ0) is 18.8. The predicted octanol–water partition coefficient (Wildman–Crippen LogP) is 2.89. The molecule has 0 atom stereocenters. The summed E-state index contributed by atoms with van der Waals surface area (Å²) in [5, 5.41) is 1.05. The van der Waals surface area contributed by atoms with Crippen LogP contribution in [0.15, 0.2) is 38.9 Å². The van der Waals surface area contributed by atoms with Gasteiger partial charge in [-0.2, -0.15) is 0 Å². The quantitative estimate of drug-likeness (QED) is 0.392. The Labute approximate surface area is 155 Å². The summed E-state index contributed by atoms with van der Waals surface area (Å²) < 4.78 is 2.53. The van der Waals surface area contributed by atoms with Gasteiger partial charge in [-0.3, -0.25) is 13.9 Å². The van der Waals surface area contributed by atoms with Crippen LogP contribution in [0.2, 0.25) is 0 Å². The van der Waals surface area contributed by atoms with E-state index in [4.69, 9.17) is 4.98 Å². The largest absolute Gasteiger partial charge is 0.332 e. The van der Waals surface area contributed by atoms with E-state index in [1.165, 1.54) is 11.6 Å². The summed E-state index contributed by atoms with van der Waals surface area (Å²) in [5.74, 6) is 1.40. The molecule has 0 bridgehead atoms. The summed E-state index contributed by atoms with van der Waals surface area (Å²) in [7, 11) is 3.12. The van der Waals surface area contributed by atoms with Crippen molar-refractivity contribution in [2.45, 2.75) is 31.7 Å². The van der Waals surface area contributed by atoms with Crippen LogP contribution in [0.3, 0.4) is 0 Å². The molecule has 2 aromatic heterocycles. The highest BCUT2D eigenvalue weighted by molar-refractivity contribution is 7.99. The number of thioether (sulfide) groups is 1. The van der Waals surface area contributed by atoms with E-state index < -0.39 is 0 Å². The van der Waals surface area contributed by atoms with E-state index >= 15 is 0 Å². The summed E-state index contributed by atoms with van der Waals surface area (Å²) in [6.07, 6.45) is 2.10. The molecule has 0 fully saturated rings. The Hall–Kier alpha value is -2.41. The number of fused-ring (bicyclic) bond motifs is 1. The Morgan fingerprint density at radius 1 is 1.08 bits per heavy atom. The van der Waals surface area contributed by atoms with Gasteiger partial charge in [0, 0.05) is 19.7 Å². The maximum Gasteiger partial charge on any atom is 0.332 e. The van der Waals surface area contributed by atoms with Crippen molar-refractivity contribution < 1.29 is 0 Å². The lowest BCUT2D eigenvalue weighted by atomic mass is 10.1. The van der Waals surface area contributed by atoms with Gasteiger partial charge in [-0.25, -0.2) is 14.8 Å². The molecule has 0 saturated carbocycles. The molecule has 0 aliphatic heterocycles. The molecule has 0 aliphatic carbocycles. The molecule has 0 aliphatic rings. The first kappa shape index (κ1) is 18.4. The average molecular weight is 370 g/mol. The monoisotopic (exact) mass is 370 g/mol. The van der Waals surface area contributed by atoms with Gasteiger partial charge >= 0.3 is 5.69 Å². The van der Waals surface area contributed by atoms with Gasteiger partial charge in [-0.05, 0) is 24.7 Å². The second-order valence-corrected chi connectivity index (χ2v) is 7.36. The van der Waals surface area contributed by atoms with E-state index in [-0.39, 0.29) is 11.2 Å². The van der Waals surface area contributed by atoms with Gasteiger partial charge in [0.05, 0.1) is 0 Å². The number of rotatable bonds is 5. The van der Waals surface area contributed by atoms with E-state index in [0.29, 0.717) is 21.9 Å². The minimum absolute atomic E-state index is 0.349. The Balaban J connectivity index is 2.35. The van der Waals surface area contributed by atoms with Gasteiger partial charge in [0.25, 0.3) is 5.56 Å². The fourth-order valence-corrected chi connectivity index (χ4v) is 3.89. The first-order valence-corrected chi connectivity index (χ1v) is 9.60. The Morgan fingerprint density at radius 3 is 2.50 bits per heavy atom. The molecule has 6 nitrogen and oxygen atoms in total. The standard InChI is InChI=1S/C19H22N4O2S/c1-5-6-11-26-17-14-16(22(3)19(25)23(4)18(14)24)20-15(21-17)13-10-8-7-9-12(13)2/h7-10H,5-6,11H2,1-4H3. The van der Waals surface area contributed by atoms with Gasteiger partial charge in [0.1, 0.15) is 10.4 Å². The third-order valence-corrected chi connectivity index (χ3v) is 5.45. The highest BCUT2D eigenvalue weighted by Crippen LogP contribution is 2.27. The van der Waals surface area contributed by atoms with Gasteiger partial charge in [-0.1, -0.05) is 37.6 Å². The second-order valence-electron chi connectivity index (χ2n) is 6.27. The molecule has 0 saturated heterocycles. The maximum atomic E-state index is 12.7. The molecule has 0 amide bonds. The number of unbranched alkanes of at least 4 members (excludes halogenated alkanes) is 1. The molecule has 136 valence electrons. The zero-order valence-electron chi connectivity index (χ0n) is 15.4. The topological polar surface area (TPSA) is 69.8 Å². The summed E-state index contributed by atoms with van der Waals surface area (Å²) in [5.41, 5.74) is 1.59. The van der Waals surface area contributed by atoms with E-state index in [1.807, 2.05) is 31.2 Å². The number of hydrogen-bond acceptors (Lipinski definition) is 5. The Morgan fingerprint density at radius 2 is 1.81 bits per heavy atom. The highest BCUT2D eigenvalue weighted by atomic mass is 32.2. The Bertz CT molecular complexity index is 1090. The molecule has 0 unspecified atom stereocenters. The lowest BCUT2D eigenvalue weighted by molar-refractivity contribution is 0.703. The fraction of sp³-hybridized carbons (Fsp3) is 0.368. The lowest BCUT2D eigenvalue weighted by Gasteiger charge is -2.12. The van der Waals surface area contributed by atoms with Crippen molar-refractivity contribution in [3.8, 4) is 11.4 Å². The summed E-state index contributed by atoms with van der Waals surface area (Å²) in [6.45, 7) is 4.12. The first-order valence-electron chi connectivity index (χ1n) is 8.62. The van der Waals surface area contributed by atoms with Crippen molar-refractivity contribution in [1.29, 1.82) is 0 Å². The van der Waals surface area contributed by atoms with Crippen LogP contribution in [0.25, 0.3) is 22.4 Å². The summed E-state index contributed by atoms with van der Waals surface area (Å²) in [4.78, 5) is 34.4. The van der Waals surface area contributed by atoms with E-state index in [0.717, 1.165) is 34.3 Å². The minimum atomic E-state index is -0.388. The zero-order valence-corrected chi connectivity index (χ0v) is 16.3. The van der Waals surface area contributed by atoms with Crippen molar-refractivity contribution in [1.82, 2.24) is 19.1 Å². The van der Waals surface area contributed by atoms with Crippen LogP contribution in [0.1, 0.15) is 25.3 Å². The van der Waals surface area contributed by atoms with Crippen molar-refractivity contribution in [3.05, 3.63) is 50.7 Å². The van der Waals surface area contributed by atoms with Crippen LogP contribution in [-0.4, -0.2) is 24.9 Å². The fourth-order valence-electron chi connectivity index (χ4n) is 2.79. The third-order valence-electron chi connectivity index (χ3n) is 4.39. The number of aromatic nitrogens is 4. The van der Waals surface area contributed by atoms with Gasteiger partial charge in [0.15, 0.2) is 11.5 Å². The summed E-state index contributed by atoms with van der Waals surface area (Å²) in [6, 6.07) is 7.84. The number of nitrogens with zero attached hydrogens (tertiary/aromatic N) is 4. The van der Waals surface area contributed by atoms with Crippen molar-refractivity contribution in [2.24, 2.45) is 14.1 Å². The number of benzene rings is 1. The highest BCUT2D eigenvalue weighted by Gasteiger charge is 2.18.